The van der Waals surface area contributed by atoms with Gasteiger partial charge in [0.15, 0.2) is 0 Å². The first kappa shape index (κ1) is 15.5. The predicted octanol–water partition coefficient (Wildman–Crippen LogP) is 6.49. The van der Waals surface area contributed by atoms with Gasteiger partial charge >= 0.3 is 0 Å². The van der Waals surface area contributed by atoms with E-state index >= 15 is 0 Å². The van der Waals surface area contributed by atoms with E-state index in [4.69, 9.17) is 4.74 Å². The molecule has 0 atom stereocenters. The Labute approximate surface area is 148 Å². The summed E-state index contributed by atoms with van der Waals surface area (Å²) in [5, 5.41) is 2.55. The molecule has 4 aromatic carbocycles. The largest absolute Gasteiger partial charge is 0.497 e. The van der Waals surface area contributed by atoms with E-state index in [2.05, 4.69) is 79.7 Å². The second-order valence-corrected chi connectivity index (χ2v) is 6.30. The Balaban J connectivity index is 1.90. The van der Waals surface area contributed by atoms with E-state index in [-0.39, 0.29) is 0 Å². The van der Waals surface area contributed by atoms with Crippen molar-refractivity contribution in [3.05, 3.63) is 90.5 Å². The van der Waals surface area contributed by atoms with Gasteiger partial charge < -0.3 is 4.74 Å². The second-order valence-electron chi connectivity index (χ2n) is 6.30. The lowest BCUT2D eigenvalue weighted by Crippen LogP contribution is -1.87. The van der Waals surface area contributed by atoms with Gasteiger partial charge in [0, 0.05) is 0 Å². The van der Waals surface area contributed by atoms with Crippen molar-refractivity contribution >= 4 is 10.8 Å². The highest BCUT2D eigenvalue weighted by Crippen LogP contribution is 2.36. The van der Waals surface area contributed by atoms with E-state index in [1.54, 1.807) is 7.11 Å². The molecule has 0 spiro atoms. The van der Waals surface area contributed by atoms with E-state index in [1.807, 2.05) is 12.1 Å². The molecule has 0 radical (unpaired) electrons. The molecule has 0 aliphatic carbocycles. The maximum absolute atomic E-state index is 5.28. The summed E-state index contributed by atoms with van der Waals surface area (Å²) in [6.07, 6.45) is 0. The predicted molar refractivity (Wildman–Crippen MR) is 106 cm³/mol. The SMILES string of the molecule is COc1ccc(-c2ccc(-c3ccc(C)cc3)c3ccccc23)cc1. The summed E-state index contributed by atoms with van der Waals surface area (Å²) in [5.74, 6) is 0.879. The summed E-state index contributed by atoms with van der Waals surface area (Å²) in [5.41, 5.74) is 6.25. The summed E-state index contributed by atoms with van der Waals surface area (Å²) in [6, 6.07) is 30.1. The molecule has 0 saturated carbocycles. The molecule has 0 aliphatic rings. The first-order valence-corrected chi connectivity index (χ1v) is 8.49. The maximum Gasteiger partial charge on any atom is 0.118 e. The van der Waals surface area contributed by atoms with Crippen LogP contribution in [-0.4, -0.2) is 7.11 Å². The van der Waals surface area contributed by atoms with Crippen LogP contribution in [0.5, 0.6) is 5.75 Å². The monoisotopic (exact) mass is 324 g/mol. The summed E-state index contributed by atoms with van der Waals surface area (Å²) in [4.78, 5) is 0. The minimum Gasteiger partial charge on any atom is -0.497 e. The van der Waals surface area contributed by atoms with E-state index in [1.165, 1.54) is 38.6 Å². The van der Waals surface area contributed by atoms with Crippen LogP contribution in [0.1, 0.15) is 5.56 Å². The Kier molecular flexibility index (Phi) is 3.99. The van der Waals surface area contributed by atoms with Crippen LogP contribution in [0.15, 0.2) is 84.9 Å². The van der Waals surface area contributed by atoms with Crippen LogP contribution in [0.2, 0.25) is 0 Å². The third-order valence-corrected chi connectivity index (χ3v) is 4.69. The number of rotatable bonds is 3. The van der Waals surface area contributed by atoms with Crippen molar-refractivity contribution in [3.8, 4) is 28.0 Å². The first-order chi connectivity index (χ1) is 12.3. The van der Waals surface area contributed by atoms with Gasteiger partial charge in [-0.25, -0.2) is 0 Å². The molecule has 0 aromatic heterocycles. The van der Waals surface area contributed by atoms with Crippen LogP contribution in [0, 0.1) is 6.92 Å². The first-order valence-electron chi connectivity index (χ1n) is 8.49. The van der Waals surface area contributed by atoms with E-state index in [0.717, 1.165) is 5.75 Å². The smallest absolute Gasteiger partial charge is 0.118 e. The Morgan fingerprint density at radius 3 is 1.52 bits per heavy atom. The zero-order valence-corrected chi connectivity index (χ0v) is 14.5. The topological polar surface area (TPSA) is 9.23 Å². The molecule has 0 heterocycles. The van der Waals surface area contributed by atoms with Gasteiger partial charge in [-0.15, -0.1) is 0 Å². The molecule has 1 nitrogen and oxygen atoms in total. The van der Waals surface area contributed by atoms with Gasteiger partial charge in [0.25, 0.3) is 0 Å². The third kappa shape index (κ3) is 2.89. The number of fused-ring (bicyclic) bond motifs is 1. The van der Waals surface area contributed by atoms with Crippen LogP contribution >= 0.6 is 0 Å². The number of hydrogen-bond acceptors (Lipinski definition) is 1. The van der Waals surface area contributed by atoms with E-state index < -0.39 is 0 Å². The zero-order chi connectivity index (χ0) is 17.2. The zero-order valence-electron chi connectivity index (χ0n) is 14.5. The molecule has 0 aliphatic heterocycles. The fourth-order valence-corrected chi connectivity index (χ4v) is 3.31. The Bertz CT molecular complexity index is 1010. The summed E-state index contributed by atoms with van der Waals surface area (Å²) in [7, 11) is 1.70. The Hall–Kier alpha value is -3.06. The number of benzene rings is 4. The molecular weight excluding hydrogens is 304 g/mol. The fraction of sp³-hybridized carbons (Fsp3) is 0.0833. The highest BCUT2D eigenvalue weighted by atomic mass is 16.5. The van der Waals surface area contributed by atoms with Gasteiger partial charge in [-0.1, -0.05) is 78.4 Å². The molecular formula is C24H20O. The molecule has 0 saturated heterocycles. The molecule has 25 heavy (non-hydrogen) atoms. The van der Waals surface area contributed by atoms with Crippen molar-refractivity contribution in [3.63, 3.8) is 0 Å². The van der Waals surface area contributed by atoms with E-state index in [9.17, 15) is 0 Å². The van der Waals surface area contributed by atoms with Crippen molar-refractivity contribution in [1.82, 2.24) is 0 Å². The minimum atomic E-state index is 0.879. The fourth-order valence-electron chi connectivity index (χ4n) is 3.31. The Morgan fingerprint density at radius 1 is 0.560 bits per heavy atom. The van der Waals surface area contributed by atoms with Gasteiger partial charge in [0.2, 0.25) is 0 Å². The molecule has 0 fully saturated rings. The number of methoxy groups -OCH3 is 1. The van der Waals surface area contributed by atoms with Gasteiger partial charge in [-0.05, 0) is 52.1 Å². The van der Waals surface area contributed by atoms with Crippen molar-refractivity contribution in [2.75, 3.05) is 7.11 Å². The lowest BCUT2D eigenvalue weighted by Gasteiger charge is -2.12. The van der Waals surface area contributed by atoms with E-state index in [0.29, 0.717) is 0 Å². The van der Waals surface area contributed by atoms with Gasteiger partial charge in [0.1, 0.15) is 5.75 Å². The van der Waals surface area contributed by atoms with Crippen LogP contribution < -0.4 is 4.74 Å². The second kappa shape index (κ2) is 6.45. The van der Waals surface area contributed by atoms with Gasteiger partial charge in [0.05, 0.1) is 7.11 Å². The van der Waals surface area contributed by atoms with Crippen molar-refractivity contribution in [2.24, 2.45) is 0 Å². The molecule has 0 N–H and O–H groups in total. The maximum atomic E-state index is 5.28. The van der Waals surface area contributed by atoms with Crippen molar-refractivity contribution in [1.29, 1.82) is 0 Å². The van der Waals surface area contributed by atoms with Crippen molar-refractivity contribution < 1.29 is 4.74 Å². The lowest BCUT2D eigenvalue weighted by molar-refractivity contribution is 0.415. The van der Waals surface area contributed by atoms with Crippen LogP contribution in [-0.2, 0) is 0 Å². The number of hydrogen-bond donors (Lipinski definition) is 0. The number of aryl methyl sites for hydroxylation is 1. The molecule has 0 unspecified atom stereocenters. The van der Waals surface area contributed by atoms with Crippen LogP contribution in [0.4, 0.5) is 0 Å². The Morgan fingerprint density at radius 2 is 1.04 bits per heavy atom. The molecule has 4 rings (SSSR count). The standard InChI is InChI=1S/C24H20O/c1-17-7-9-18(10-8-17)21-15-16-22(24-6-4-3-5-23(21)24)19-11-13-20(25-2)14-12-19/h3-16H,1-2H3. The van der Waals surface area contributed by atoms with Gasteiger partial charge in [-0.3, -0.25) is 0 Å². The van der Waals surface area contributed by atoms with Crippen LogP contribution in [0.25, 0.3) is 33.0 Å². The summed E-state index contributed by atoms with van der Waals surface area (Å²) >= 11 is 0. The quantitative estimate of drug-likeness (QED) is 0.418. The average Bonchev–Trinajstić information content (AvgIpc) is 2.68. The van der Waals surface area contributed by atoms with Crippen LogP contribution in [0.3, 0.4) is 0 Å². The molecule has 1 heteroatoms. The average molecular weight is 324 g/mol. The van der Waals surface area contributed by atoms with Gasteiger partial charge in [-0.2, -0.15) is 0 Å². The highest BCUT2D eigenvalue weighted by molar-refractivity contribution is 6.04. The summed E-state index contributed by atoms with van der Waals surface area (Å²) < 4.78 is 5.28. The lowest BCUT2D eigenvalue weighted by atomic mass is 9.92. The highest BCUT2D eigenvalue weighted by Gasteiger charge is 2.09. The van der Waals surface area contributed by atoms with Crippen molar-refractivity contribution in [2.45, 2.75) is 6.92 Å². The summed E-state index contributed by atoms with van der Waals surface area (Å²) in [6.45, 7) is 2.12. The molecule has 0 amide bonds. The number of ether oxygens (including phenoxy) is 1. The third-order valence-electron chi connectivity index (χ3n) is 4.69. The normalized spacial score (nSPS) is 10.8. The minimum absolute atomic E-state index is 0.879. The molecule has 4 aromatic rings. The molecule has 0 bridgehead atoms. The molecule has 122 valence electrons.